The summed E-state index contributed by atoms with van der Waals surface area (Å²) >= 11 is 0. The van der Waals surface area contributed by atoms with Crippen molar-refractivity contribution in [2.24, 2.45) is 5.92 Å². The van der Waals surface area contributed by atoms with Crippen LogP contribution in [0.25, 0.3) is 0 Å². The lowest BCUT2D eigenvalue weighted by atomic mass is 9.99. The maximum Gasteiger partial charge on any atom is 0.248 e. The van der Waals surface area contributed by atoms with Gasteiger partial charge in [-0.25, -0.2) is 14.4 Å². The van der Waals surface area contributed by atoms with E-state index >= 15 is 0 Å². The van der Waals surface area contributed by atoms with Crippen molar-refractivity contribution >= 4 is 24.0 Å². The topological polar surface area (TPSA) is 91.8 Å². The van der Waals surface area contributed by atoms with Crippen LogP contribution in [0.4, 0.5) is 10.2 Å². The number of halogens is 1. The number of nitrogens with zero attached hydrogens (tertiary/aromatic N) is 3. The maximum atomic E-state index is 13.5. The highest BCUT2D eigenvalue weighted by Crippen LogP contribution is 2.24. The Kier molecular flexibility index (Phi) is 9.51. The van der Waals surface area contributed by atoms with Crippen LogP contribution in [0.5, 0.6) is 0 Å². The highest BCUT2D eigenvalue weighted by Gasteiger charge is 2.37. The third-order valence-electron chi connectivity index (χ3n) is 5.83. The lowest BCUT2D eigenvalue weighted by molar-refractivity contribution is -0.183. The summed E-state index contributed by atoms with van der Waals surface area (Å²) in [5, 5.41) is 3.83. The first kappa shape index (κ1) is 25.3. The zero-order chi connectivity index (χ0) is 24.3. The smallest absolute Gasteiger partial charge is 0.248 e. The number of anilines is 1. The zero-order valence-corrected chi connectivity index (χ0v) is 19.4. The van der Waals surface area contributed by atoms with E-state index in [0.29, 0.717) is 32.2 Å². The van der Waals surface area contributed by atoms with Gasteiger partial charge in [-0.1, -0.05) is 50.1 Å². The summed E-state index contributed by atoms with van der Waals surface area (Å²) in [5.41, 5.74) is 0.913. The molecule has 2 atom stereocenters. The molecule has 1 unspecified atom stereocenters. The third kappa shape index (κ3) is 7.08. The molecule has 1 aromatic heterocycles. The van der Waals surface area contributed by atoms with Crippen molar-refractivity contribution in [3.63, 3.8) is 0 Å². The number of carbonyl (C=O) groups excluding carboxylic acids is 3. The molecular formula is C25H31FN4O4. The van der Waals surface area contributed by atoms with Gasteiger partial charge in [0.15, 0.2) is 0 Å². The number of unbranched alkanes of at least 4 members (excludes halogenated alkanes) is 1. The predicted octanol–water partition coefficient (Wildman–Crippen LogP) is 3.55. The maximum absolute atomic E-state index is 13.5. The SMILES string of the molecule is CCCCC(CN(C=O)OCc1ccccc1)C(=O)N1CCC[C@H]1C(=O)Nc1ccc(F)cn1. The molecule has 2 aromatic rings. The molecule has 0 bridgehead atoms. The number of aromatic nitrogens is 1. The fraction of sp³-hybridized carbons (Fsp3) is 0.440. The van der Waals surface area contributed by atoms with E-state index in [1.807, 2.05) is 37.3 Å². The zero-order valence-electron chi connectivity index (χ0n) is 19.4. The lowest BCUT2D eigenvalue weighted by Gasteiger charge is -2.30. The molecule has 1 fully saturated rings. The molecule has 2 heterocycles. The van der Waals surface area contributed by atoms with Crippen molar-refractivity contribution in [1.82, 2.24) is 14.9 Å². The number of nitrogens with one attached hydrogen (secondary N) is 1. The molecule has 182 valence electrons. The Hall–Kier alpha value is -3.33. The van der Waals surface area contributed by atoms with Gasteiger partial charge in [0.05, 0.1) is 18.7 Å². The van der Waals surface area contributed by atoms with Crippen LogP contribution in [-0.4, -0.2) is 52.3 Å². The molecule has 0 radical (unpaired) electrons. The standard InChI is InChI=1S/C25H31FN4O4/c1-2-3-10-20(16-29(18-31)34-17-19-8-5-4-6-9-19)25(33)30-14-7-11-22(30)24(32)28-23-13-12-21(26)15-27-23/h4-6,8-9,12-13,15,18,20,22H,2-3,7,10-11,14,16-17H2,1H3,(H,27,28,32)/t20?,22-/m0/s1. The molecule has 8 nitrogen and oxygen atoms in total. The van der Waals surface area contributed by atoms with E-state index in [9.17, 15) is 18.8 Å². The highest BCUT2D eigenvalue weighted by molar-refractivity contribution is 5.97. The fourth-order valence-electron chi connectivity index (χ4n) is 4.02. The minimum absolute atomic E-state index is 0.111. The summed E-state index contributed by atoms with van der Waals surface area (Å²) in [6.45, 7) is 2.82. The van der Waals surface area contributed by atoms with Crippen LogP contribution < -0.4 is 5.32 Å². The van der Waals surface area contributed by atoms with Crippen molar-refractivity contribution in [1.29, 1.82) is 0 Å². The average Bonchev–Trinajstić information content (AvgIpc) is 3.35. The van der Waals surface area contributed by atoms with E-state index in [0.717, 1.165) is 24.6 Å². The largest absolute Gasteiger partial charge is 0.330 e. The van der Waals surface area contributed by atoms with Gasteiger partial charge in [0.25, 0.3) is 0 Å². The Morgan fingerprint density at radius 1 is 1.29 bits per heavy atom. The van der Waals surface area contributed by atoms with Crippen LogP contribution in [-0.2, 0) is 25.8 Å². The number of hydrogen-bond donors (Lipinski definition) is 1. The summed E-state index contributed by atoms with van der Waals surface area (Å²) in [6.07, 6.45) is 5.13. The second-order valence-corrected chi connectivity index (χ2v) is 8.34. The molecule has 34 heavy (non-hydrogen) atoms. The molecule has 1 N–H and O–H groups in total. The van der Waals surface area contributed by atoms with E-state index in [1.165, 1.54) is 17.2 Å². The molecule has 0 spiro atoms. The summed E-state index contributed by atoms with van der Waals surface area (Å²) in [7, 11) is 0. The minimum Gasteiger partial charge on any atom is -0.330 e. The minimum atomic E-state index is -0.640. The molecule has 1 aliphatic heterocycles. The van der Waals surface area contributed by atoms with Crippen molar-refractivity contribution in [2.75, 3.05) is 18.4 Å². The van der Waals surface area contributed by atoms with Crippen molar-refractivity contribution in [3.05, 3.63) is 60.0 Å². The number of carbonyl (C=O) groups is 3. The van der Waals surface area contributed by atoms with Gasteiger partial charge in [-0.2, -0.15) is 0 Å². The van der Waals surface area contributed by atoms with Crippen LogP contribution >= 0.6 is 0 Å². The lowest BCUT2D eigenvalue weighted by Crippen LogP contribution is -2.47. The van der Waals surface area contributed by atoms with E-state index in [4.69, 9.17) is 4.84 Å². The molecule has 0 aliphatic carbocycles. The van der Waals surface area contributed by atoms with Crippen LogP contribution in [0.2, 0.25) is 0 Å². The Balaban J connectivity index is 1.65. The van der Waals surface area contributed by atoms with Crippen LogP contribution in [0.15, 0.2) is 48.7 Å². The van der Waals surface area contributed by atoms with E-state index in [-0.39, 0.29) is 30.8 Å². The van der Waals surface area contributed by atoms with Crippen molar-refractivity contribution in [2.45, 2.75) is 51.7 Å². The number of hydroxylamine groups is 2. The number of hydrogen-bond acceptors (Lipinski definition) is 5. The van der Waals surface area contributed by atoms with E-state index in [2.05, 4.69) is 10.3 Å². The Morgan fingerprint density at radius 3 is 2.76 bits per heavy atom. The van der Waals surface area contributed by atoms with Crippen LogP contribution in [0.3, 0.4) is 0 Å². The first-order valence-electron chi connectivity index (χ1n) is 11.6. The molecule has 9 heteroatoms. The number of benzene rings is 1. The average molecular weight is 471 g/mol. The van der Waals surface area contributed by atoms with E-state index < -0.39 is 17.8 Å². The molecule has 1 saturated heterocycles. The second kappa shape index (κ2) is 12.8. The number of pyridine rings is 1. The van der Waals surface area contributed by atoms with Gasteiger partial charge in [-0.05, 0) is 37.0 Å². The number of likely N-dealkylation sites (tertiary alicyclic amines) is 1. The normalized spacial score (nSPS) is 16.2. The molecule has 0 saturated carbocycles. The molecule has 3 amide bonds. The highest BCUT2D eigenvalue weighted by atomic mass is 19.1. The predicted molar refractivity (Wildman–Crippen MR) is 125 cm³/mol. The van der Waals surface area contributed by atoms with Crippen LogP contribution in [0, 0.1) is 11.7 Å². The quantitative estimate of drug-likeness (QED) is 0.378. The first-order chi connectivity index (χ1) is 16.5. The summed E-state index contributed by atoms with van der Waals surface area (Å²) in [6, 6.07) is 11.4. The van der Waals surface area contributed by atoms with Gasteiger partial charge in [0.2, 0.25) is 18.2 Å². The first-order valence-corrected chi connectivity index (χ1v) is 11.6. The monoisotopic (exact) mass is 470 g/mol. The van der Waals surface area contributed by atoms with Gasteiger partial charge in [-0.3, -0.25) is 19.2 Å². The van der Waals surface area contributed by atoms with Crippen LogP contribution in [0.1, 0.15) is 44.6 Å². The van der Waals surface area contributed by atoms with Gasteiger partial charge in [0, 0.05) is 6.54 Å². The van der Waals surface area contributed by atoms with Crippen molar-refractivity contribution in [3.8, 4) is 0 Å². The Labute approximate surface area is 199 Å². The molecule has 1 aromatic carbocycles. The van der Waals surface area contributed by atoms with Gasteiger partial charge in [-0.15, -0.1) is 0 Å². The van der Waals surface area contributed by atoms with Crippen molar-refractivity contribution < 1.29 is 23.6 Å². The Bertz CT molecular complexity index is 942. The molecule has 1 aliphatic rings. The summed E-state index contributed by atoms with van der Waals surface area (Å²) in [5.74, 6) is -1.28. The van der Waals surface area contributed by atoms with Gasteiger partial charge >= 0.3 is 0 Å². The second-order valence-electron chi connectivity index (χ2n) is 8.34. The van der Waals surface area contributed by atoms with E-state index in [1.54, 1.807) is 4.90 Å². The summed E-state index contributed by atoms with van der Waals surface area (Å²) in [4.78, 5) is 49.1. The number of rotatable bonds is 12. The van der Waals surface area contributed by atoms with Gasteiger partial charge in [0.1, 0.15) is 24.3 Å². The number of amides is 3. The molecular weight excluding hydrogens is 439 g/mol. The third-order valence-corrected chi connectivity index (χ3v) is 5.83. The van der Waals surface area contributed by atoms with Gasteiger partial charge < -0.3 is 10.2 Å². The Morgan fingerprint density at radius 2 is 2.09 bits per heavy atom. The molecule has 3 rings (SSSR count). The fourth-order valence-corrected chi connectivity index (χ4v) is 4.02. The summed E-state index contributed by atoms with van der Waals surface area (Å²) < 4.78 is 13.1.